The molecule has 0 fully saturated rings. The number of benzene rings is 2. The summed E-state index contributed by atoms with van der Waals surface area (Å²) < 4.78 is 13.7. The van der Waals surface area contributed by atoms with Crippen molar-refractivity contribution in [2.45, 2.75) is 0 Å². The van der Waals surface area contributed by atoms with Gasteiger partial charge in [-0.1, -0.05) is 15.9 Å². The van der Waals surface area contributed by atoms with Gasteiger partial charge in [-0.15, -0.1) is 0 Å². The summed E-state index contributed by atoms with van der Waals surface area (Å²) in [5.74, 6) is -0.0145. The zero-order chi connectivity index (χ0) is 20.5. The van der Waals surface area contributed by atoms with Gasteiger partial charge in [-0.05, 0) is 48.5 Å². The molecule has 2 aromatic carbocycles. The van der Waals surface area contributed by atoms with E-state index in [2.05, 4.69) is 26.0 Å². The van der Waals surface area contributed by atoms with Crippen LogP contribution in [0.15, 0.2) is 64.1 Å². The van der Waals surface area contributed by atoms with E-state index < -0.39 is 5.97 Å². The largest absolute Gasteiger partial charge is 0.497 e. The van der Waals surface area contributed by atoms with E-state index in [1.807, 2.05) is 12.1 Å². The molecular formula is C20H15BrN4O4. The highest BCUT2D eigenvalue weighted by atomic mass is 79.9. The van der Waals surface area contributed by atoms with Gasteiger partial charge in [0.05, 0.1) is 25.6 Å². The van der Waals surface area contributed by atoms with Gasteiger partial charge in [-0.3, -0.25) is 9.36 Å². The van der Waals surface area contributed by atoms with Crippen molar-refractivity contribution in [2.75, 3.05) is 14.2 Å². The number of carbonyl (C=O) groups is 1. The van der Waals surface area contributed by atoms with E-state index in [0.29, 0.717) is 17.1 Å². The molecule has 0 amide bonds. The number of rotatable bonds is 4. The Morgan fingerprint density at radius 1 is 1.00 bits per heavy atom. The number of aromatic nitrogens is 4. The van der Waals surface area contributed by atoms with Gasteiger partial charge in [0.2, 0.25) is 0 Å². The van der Waals surface area contributed by atoms with Gasteiger partial charge >= 0.3 is 5.97 Å². The first-order valence-electron chi connectivity index (χ1n) is 8.52. The van der Waals surface area contributed by atoms with E-state index in [0.717, 1.165) is 4.47 Å². The zero-order valence-corrected chi connectivity index (χ0v) is 17.1. The molecule has 0 unspecified atom stereocenters. The second-order valence-corrected chi connectivity index (χ2v) is 6.96. The molecule has 0 saturated carbocycles. The molecule has 2 heterocycles. The number of fused-ring (bicyclic) bond motifs is 1. The van der Waals surface area contributed by atoms with E-state index in [-0.39, 0.29) is 22.3 Å². The van der Waals surface area contributed by atoms with Crippen LogP contribution in [-0.2, 0) is 4.74 Å². The van der Waals surface area contributed by atoms with E-state index in [1.165, 1.54) is 22.7 Å². The molecule has 0 aliphatic rings. The number of methoxy groups -OCH3 is 2. The Morgan fingerprint density at radius 3 is 2.28 bits per heavy atom. The van der Waals surface area contributed by atoms with Crippen LogP contribution in [-0.4, -0.2) is 39.5 Å². The standard InChI is InChI=1S/C20H15BrN4O4/c1-28-15-9-7-14(8-10-15)25-18-16(17(23-25)20(27)29-2)22-11-24(19(18)26)13-5-3-12(21)4-6-13/h3-11H,1-2H3. The van der Waals surface area contributed by atoms with Gasteiger partial charge in [-0.25, -0.2) is 14.5 Å². The predicted molar refractivity (Wildman–Crippen MR) is 110 cm³/mol. The number of carbonyl (C=O) groups excluding carboxylic acids is 1. The maximum atomic E-state index is 13.3. The highest BCUT2D eigenvalue weighted by molar-refractivity contribution is 9.10. The van der Waals surface area contributed by atoms with Crippen molar-refractivity contribution < 1.29 is 14.3 Å². The quantitative estimate of drug-likeness (QED) is 0.440. The number of halogens is 1. The number of hydrogen-bond acceptors (Lipinski definition) is 6. The summed E-state index contributed by atoms with van der Waals surface area (Å²) in [6.45, 7) is 0. The topological polar surface area (TPSA) is 88.2 Å². The van der Waals surface area contributed by atoms with Crippen LogP contribution < -0.4 is 10.3 Å². The van der Waals surface area contributed by atoms with Crippen LogP contribution in [0.1, 0.15) is 10.5 Å². The van der Waals surface area contributed by atoms with Crippen molar-refractivity contribution in [3.63, 3.8) is 0 Å². The second-order valence-electron chi connectivity index (χ2n) is 6.04. The van der Waals surface area contributed by atoms with E-state index in [1.54, 1.807) is 43.5 Å². The number of ether oxygens (including phenoxy) is 2. The molecule has 0 radical (unpaired) electrons. The molecule has 0 spiro atoms. The third-order valence-electron chi connectivity index (χ3n) is 4.38. The van der Waals surface area contributed by atoms with Crippen molar-refractivity contribution in [1.29, 1.82) is 0 Å². The molecule has 0 bridgehead atoms. The van der Waals surface area contributed by atoms with Crippen molar-refractivity contribution >= 4 is 32.9 Å². The fourth-order valence-corrected chi connectivity index (χ4v) is 3.20. The summed E-state index contributed by atoms with van der Waals surface area (Å²) in [4.78, 5) is 29.9. The third kappa shape index (κ3) is 3.29. The third-order valence-corrected chi connectivity index (χ3v) is 4.91. The molecule has 0 aliphatic heterocycles. The Balaban J connectivity index is 2.00. The normalized spacial score (nSPS) is 10.9. The smallest absolute Gasteiger partial charge is 0.360 e. The molecule has 4 aromatic rings. The highest BCUT2D eigenvalue weighted by Crippen LogP contribution is 2.21. The van der Waals surface area contributed by atoms with Gasteiger partial charge in [0, 0.05) is 4.47 Å². The Bertz CT molecular complexity index is 1260. The molecule has 0 N–H and O–H groups in total. The highest BCUT2D eigenvalue weighted by Gasteiger charge is 2.23. The number of hydrogen-bond donors (Lipinski definition) is 0. The SMILES string of the molecule is COC(=O)c1nn(-c2ccc(OC)cc2)c2c(=O)n(-c3ccc(Br)cc3)cnc12. The van der Waals surface area contributed by atoms with E-state index in [4.69, 9.17) is 9.47 Å². The van der Waals surface area contributed by atoms with Crippen molar-refractivity contribution in [1.82, 2.24) is 19.3 Å². The van der Waals surface area contributed by atoms with Crippen molar-refractivity contribution in [2.24, 2.45) is 0 Å². The molecule has 4 rings (SSSR count). The second kappa shape index (κ2) is 7.51. The van der Waals surface area contributed by atoms with E-state index >= 15 is 0 Å². The summed E-state index contributed by atoms with van der Waals surface area (Å²) in [5.41, 5.74) is 1.16. The van der Waals surface area contributed by atoms with Gasteiger partial charge in [0.25, 0.3) is 5.56 Å². The fourth-order valence-electron chi connectivity index (χ4n) is 2.94. The van der Waals surface area contributed by atoms with Gasteiger partial charge in [-0.2, -0.15) is 5.10 Å². The van der Waals surface area contributed by atoms with Crippen LogP contribution >= 0.6 is 15.9 Å². The average molecular weight is 455 g/mol. The van der Waals surface area contributed by atoms with Crippen molar-refractivity contribution in [3.05, 3.63) is 75.4 Å². The first-order valence-corrected chi connectivity index (χ1v) is 9.32. The molecule has 9 heteroatoms. The monoisotopic (exact) mass is 454 g/mol. The predicted octanol–water partition coefficient (Wildman–Crippen LogP) is 3.13. The minimum atomic E-state index is -0.671. The van der Waals surface area contributed by atoms with E-state index in [9.17, 15) is 9.59 Å². The average Bonchev–Trinajstić information content (AvgIpc) is 3.15. The fraction of sp³-hybridized carbons (Fsp3) is 0.100. The Labute approximate surface area is 173 Å². The number of esters is 1. The first-order chi connectivity index (χ1) is 14.0. The molecule has 0 atom stereocenters. The lowest BCUT2D eigenvalue weighted by Crippen LogP contribution is -2.21. The minimum Gasteiger partial charge on any atom is -0.497 e. The zero-order valence-electron chi connectivity index (χ0n) is 15.5. The van der Waals surface area contributed by atoms with Crippen LogP contribution in [0.4, 0.5) is 0 Å². The Morgan fingerprint density at radius 2 is 1.66 bits per heavy atom. The van der Waals surface area contributed by atoms with Gasteiger partial charge in [0.1, 0.15) is 17.6 Å². The molecule has 2 aromatic heterocycles. The Hall–Kier alpha value is -3.46. The summed E-state index contributed by atoms with van der Waals surface area (Å²) >= 11 is 3.38. The maximum Gasteiger partial charge on any atom is 0.360 e. The van der Waals surface area contributed by atoms with Crippen LogP contribution in [0.3, 0.4) is 0 Å². The van der Waals surface area contributed by atoms with Crippen LogP contribution in [0.25, 0.3) is 22.4 Å². The lowest BCUT2D eigenvalue weighted by molar-refractivity contribution is 0.0595. The van der Waals surface area contributed by atoms with Gasteiger partial charge in [0.15, 0.2) is 11.2 Å². The molecule has 0 saturated heterocycles. The first kappa shape index (κ1) is 18.9. The summed E-state index contributed by atoms with van der Waals surface area (Å²) in [7, 11) is 2.82. The lowest BCUT2D eigenvalue weighted by Gasteiger charge is -2.07. The van der Waals surface area contributed by atoms with Crippen molar-refractivity contribution in [3.8, 4) is 17.1 Å². The Kier molecular flexibility index (Phi) is 4.89. The summed E-state index contributed by atoms with van der Waals surface area (Å²) in [5, 5.41) is 4.31. The van der Waals surface area contributed by atoms with Crippen LogP contribution in [0, 0.1) is 0 Å². The summed E-state index contributed by atoms with van der Waals surface area (Å²) in [6.07, 6.45) is 1.38. The molecule has 8 nitrogen and oxygen atoms in total. The maximum absolute atomic E-state index is 13.3. The van der Waals surface area contributed by atoms with Gasteiger partial charge < -0.3 is 9.47 Å². The lowest BCUT2D eigenvalue weighted by atomic mass is 10.3. The molecule has 29 heavy (non-hydrogen) atoms. The number of nitrogens with zero attached hydrogens (tertiary/aromatic N) is 4. The minimum absolute atomic E-state index is 0.0293. The van der Waals surface area contributed by atoms with Crippen LogP contribution in [0.2, 0.25) is 0 Å². The summed E-state index contributed by atoms with van der Waals surface area (Å²) in [6, 6.07) is 14.2. The van der Waals surface area contributed by atoms with Crippen LogP contribution in [0.5, 0.6) is 5.75 Å². The molecular weight excluding hydrogens is 440 g/mol. The molecule has 0 aliphatic carbocycles. The molecule has 146 valence electrons.